The molecule has 0 saturated carbocycles. The first kappa shape index (κ1) is 15.2. The number of rotatable bonds is 8. The first-order valence-electron chi connectivity index (χ1n) is 7.08. The summed E-state index contributed by atoms with van der Waals surface area (Å²) in [5.41, 5.74) is 2.73. The van der Waals surface area contributed by atoms with E-state index in [0.29, 0.717) is 5.92 Å². The molecule has 2 rings (SSSR count). The maximum Gasteiger partial charge on any atom is 0.0587 e. The summed E-state index contributed by atoms with van der Waals surface area (Å²) in [6, 6.07) is 13.3. The van der Waals surface area contributed by atoms with Crippen molar-refractivity contribution in [1.29, 1.82) is 0 Å². The molecule has 2 nitrogen and oxygen atoms in total. The van der Waals surface area contributed by atoms with Crippen LogP contribution in [-0.4, -0.2) is 26.8 Å². The smallest absolute Gasteiger partial charge is 0.0587 e. The average molecular weight is 289 g/mol. The van der Waals surface area contributed by atoms with Crippen LogP contribution in [0.25, 0.3) is 0 Å². The number of nitrogens with one attached hydrogen (secondary N) is 1. The average Bonchev–Trinajstić information content (AvgIpc) is 2.96. The first-order valence-corrected chi connectivity index (χ1v) is 7.96. The van der Waals surface area contributed by atoms with Crippen molar-refractivity contribution < 1.29 is 4.74 Å². The summed E-state index contributed by atoms with van der Waals surface area (Å²) in [5.74, 6) is 0.520. The molecule has 1 aromatic heterocycles. The van der Waals surface area contributed by atoms with Crippen LogP contribution in [0.2, 0.25) is 0 Å². The molecule has 0 aliphatic rings. The van der Waals surface area contributed by atoms with Gasteiger partial charge in [0.15, 0.2) is 0 Å². The molecule has 0 amide bonds. The van der Waals surface area contributed by atoms with E-state index in [1.807, 2.05) is 11.3 Å². The summed E-state index contributed by atoms with van der Waals surface area (Å²) in [6.07, 6.45) is 1.10. The SMILES string of the molecule is COCCNCC(Cc1cccs1)c1ccc(C)cc1. The molecule has 0 aliphatic heterocycles. The van der Waals surface area contributed by atoms with Gasteiger partial charge in [0.05, 0.1) is 6.61 Å². The van der Waals surface area contributed by atoms with Gasteiger partial charge in [0.25, 0.3) is 0 Å². The first-order chi connectivity index (χ1) is 9.79. The topological polar surface area (TPSA) is 21.3 Å². The van der Waals surface area contributed by atoms with Crippen molar-refractivity contribution >= 4 is 11.3 Å². The van der Waals surface area contributed by atoms with Crippen molar-refractivity contribution in [3.05, 3.63) is 57.8 Å². The molecule has 1 heterocycles. The Balaban J connectivity index is 2.00. The normalized spacial score (nSPS) is 12.5. The van der Waals surface area contributed by atoms with Gasteiger partial charge in [-0.2, -0.15) is 0 Å². The Morgan fingerprint density at radius 1 is 1.20 bits per heavy atom. The third-order valence-corrected chi connectivity index (χ3v) is 4.35. The fourth-order valence-electron chi connectivity index (χ4n) is 2.27. The minimum absolute atomic E-state index is 0.520. The van der Waals surface area contributed by atoms with Crippen LogP contribution < -0.4 is 5.32 Å². The summed E-state index contributed by atoms with van der Waals surface area (Å²) >= 11 is 1.84. The molecule has 108 valence electrons. The Labute approximate surface area is 125 Å². The quantitative estimate of drug-likeness (QED) is 0.749. The lowest BCUT2D eigenvalue weighted by atomic mass is 9.94. The van der Waals surface area contributed by atoms with Crippen LogP contribution in [0.3, 0.4) is 0 Å². The van der Waals surface area contributed by atoms with Gasteiger partial charge in [0.2, 0.25) is 0 Å². The third kappa shape index (κ3) is 4.75. The Morgan fingerprint density at radius 3 is 2.65 bits per heavy atom. The zero-order chi connectivity index (χ0) is 14.2. The Kier molecular flexibility index (Phi) is 6.25. The van der Waals surface area contributed by atoms with E-state index in [1.54, 1.807) is 7.11 Å². The number of thiophene rings is 1. The lowest BCUT2D eigenvalue weighted by molar-refractivity contribution is 0.199. The Morgan fingerprint density at radius 2 is 2.00 bits per heavy atom. The van der Waals surface area contributed by atoms with E-state index >= 15 is 0 Å². The number of benzene rings is 1. The molecule has 1 aromatic carbocycles. The van der Waals surface area contributed by atoms with Crippen LogP contribution in [0.4, 0.5) is 0 Å². The van der Waals surface area contributed by atoms with Gasteiger partial charge in [0.1, 0.15) is 0 Å². The highest BCUT2D eigenvalue weighted by molar-refractivity contribution is 7.09. The zero-order valence-electron chi connectivity index (χ0n) is 12.3. The molecular formula is C17H23NOS. The van der Waals surface area contributed by atoms with E-state index in [1.165, 1.54) is 16.0 Å². The lowest BCUT2D eigenvalue weighted by Crippen LogP contribution is -2.26. The number of hydrogen-bond donors (Lipinski definition) is 1. The Bertz CT molecular complexity index is 478. The van der Waals surface area contributed by atoms with Crippen molar-refractivity contribution in [2.75, 3.05) is 26.8 Å². The van der Waals surface area contributed by atoms with Gasteiger partial charge >= 0.3 is 0 Å². The second kappa shape index (κ2) is 8.20. The monoisotopic (exact) mass is 289 g/mol. The van der Waals surface area contributed by atoms with E-state index in [-0.39, 0.29) is 0 Å². The van der Waals surface area contributed by atoms with Gasteiger partial charge in [-0.05, 0) is 30.4 Å². The molecule has 1 unspecified atom stereocenters. The van der Waals surface area contributed by atoms with Crippen molar-refractivity contribution in [2.45, 2.75) is 19.3 Å². The van der Waals surface area contributed by atoms with Crippen LogP contribution >= 0.6 is 11.3 Å². The molecule has 0 fully saturated rings. The van der Waals surface area contributed by atoms with Crippen LogP contribution in [0, 0.1) is 6.92 Å². The second-order valence-electron chi connectivity index (χ2n) is 5.09. The number of aryl methyl sites for hydroxylation is 1. The van der Waals surface area contributed by atoms with Gasteiger partial charge in [-0.1, -0.05) is 35.9 Å². The molecule has 0 aliphatic carbocycles. The number of hydrogen-bond acceptors (Lipinski definition) is 3. The molecule has 0 radical (unpaired) electrons. The van der Waals surface area contributed by atoms with Gasteiger partial charge in [-0.3, -0.25) is 0 Å². The number of ether oxygens (including phenoxy) is 1. The fraction of sp³-hybridized carbons (Fsp3) is 0.412. The molecule has 0 bridgehead atoms. The van der Waals surface area contributed by atoms with E-state index in [4.69, 9.17) is 4.74 Å². The van der Waals surface area contributed by atoms with Crippen LogP contribution in [0.5, 0.6) is 0 Å². The summed E-state index contributed by atoms with van der Waals surface area (Å²) in [7, 11) is 1.74. The predicted molar refractivity (Wildman–Crippen MR) is 86.7 cm³/mol. The van der Waals surface area contributed by atoms with Gasteiger partial charge in [-0.25, -0.2) is 0 Å². The summed E-state index contributed by atoms with van der Waals surface area (Å²) in [5, 5.41) is 5.64. The molecule has 20 heavy (non-hydrogen) atoms. The zero-order valence-corrected chi connectivity index (χ0v) is 13.1. The van der Waals surface area contributed by atoms with Crippen molar-refractivity contribution in [1.82, 2.24) is 5.32 Å². The molecule has 0 spiro atoms. The molecule has 0 saturated heterocycles. The minimum atomic E-state index is 0.520. The largest absolute Gasteiger partial charge is 0.383 e. The maximum atomic E-state index is 5.09. The van der Waals surface area contributed by atoms with E-state index < -0.39 is 0 Å². The fourth-order valence-corrected chi connectivity index (χ4v) is 3.06. The summed E-state index contributed by atoms with van der Waals surface area (Å²) in [6.45, 7) is 4.79. The van der Waals surface area contributed by atoms with Crippen LogP contribution in [0.1, 0.15) is 21.9 Å². The molecule has 1 atom stereocenters. The van der Waals surface area contributed by atoms with Gasteiger partial charge < -0.3 is 10.1 Å². The molecule has 3 heteroatoms. The van der Waals surface area contributed by atoms with Crippen molar-refractivity contribution in [2.24, 2.45) is 0 Å². The van der Waals surface area contributed by atoms with Gasteiger partial charge in [-0.15, -0.1) is 11.3 Å². The highest BCUT2D eigenvalue weighted by Crippen LogP contribution is 2.23. The summed E-state index contributed by atoms with van der Waals surface area (Å²) in [4.78, 5) is 1.45. The summed E-state index contributed by atoms with van der Waals surface area (Å²) < 4.78 is 5.09. The van der Waals surface area contributed by atoms with E-state index in [0.717, 1.165) is 26.1 Å². The minimum Gasteiger partial charge on any atom is -0.383 e. The van der Waals surface area contributed by atoms with E-state index in [9.17, 15) is 0 Å². The highest BCUT2D eigenvalue weighted by Gasteiger charge is 2.12. The van der Waals surface area contributed by atoms with Gasteiger partial charge in [0, 0.05) is 31.0 Å². The third-order valence-electron chi connectivity index (χ3n) is 3.45. The molecular weight excluding hydrogens is 266 g/mol. The Hall–Kier alpha value is -1.16. The lowest BCUT2D eigenvalue weighted by Gasteiger charge is -2.18. The number of methoxy groups -OCH3 is 1. The maximum absolute atomic E-state index is 5.09. The van der Waals surface area contributed by atoms with Crippen molar-refractivity contribution in [3.8, 4) is 0 Å². The highest BCUT2D eigenvalue weighted by atomic mass is 32.1. The van der Waals surface area contributed by atoms with Crippen LogP contribution in [0.15, 0.2) is 41.8 Å². The van der Waals surface area contributed by atoms with E-state index in [2.05, 4.69) is 54.0 Å². The molecule has 2 aromatic rings. The molecule has 1 N–H and O–H groups in total. The standard InChI is InChI=1S/C17H23NOS/c1-14-5-7-15(8-6-14)16(13-18-9-10-19-2)12-17-4-3-11-20-17/h3-8,11,16,18H,9-10,12-13H2,1-2H3. The second-order valence-corrected chi connectivity index (χ2v) is 6.12. The van der Waals surface area contributed by atoms with Crippen LogP contribution in [-0.2, 0) is 11.2 Å². The van der Waals surface area contributed by atoms with Crippen molar-refractivity contribution in [3.63, 3.8) is 0 Å². The predicted octanol–water partition coefficient (Wildman–Crippen LogP) is 3.62.